The number of carboxylic acids is 1. The van der Waals surface area contributed by atoms with E-state index in [1.165, 1.54) is 12.1 Å². The van der Waals surface area contributed by atoms with Gasteiger partial charge in [-0.1, -0.05) is 53.7 Å². The zero-order valence-electron chi connectivity index (χ0n) is 20.7. The van der Waals surface area contributed by atoms with Crippen LogP contribution < -0.4 is 21.7 Å². The molecule has 0 aliphatic rings. The summed E-state index contributed by atoms with van der Waals surface area (Å²) in [7, 11) is 0. The molecule has 0 spiro atoms. The quantitative estimate of drug-likeness (QED) is 0.257. The number of phenolic OH excluding ortho intramolecular Hbond substituents is 1. The fourth-order valence-corrected chi connectivity index (χ4v) is 3.19. The molecule has 0 saturated heterocycles. The second-order valence-corrected chi connectivity index (χ2v) is 9.50. The van der Waals surface area contributed by atoms with E-state index in [2.05, 4.69) is 16.0 Å². The molecule has 0 heterocycles. The SMILES string of the molecule is CC(C)C(N)C(=O)NC(Cc1ccc(O)cc1)C(=O)NC(C(=O)NC(C(=O)O)C(C)C)C(C)C. The lowest BCUT2D eigenvalue weighted by Crippen LogP contribution is -2.59. The maximum atomic E-state index is 13.2. The molecular formula is C24H38N4O6. The molecule has 1 rings (SSSR count). The summed E-state index contributed by atoms with van der Waals surface area (Å²) in [5.74, 6) is -3.72. The van der Waals surface area contributed by atoms with E-state index in [1.54, 1.807) is 53.7 Å². The highest BCUT2D eigenvalue weighted by molar-refractivity contribution is 5.94. The molecule has 4 unspecified atom stereocenters. The number of hydrogen-bond donors (Lipinski definition) is 6. The molecule has 0 saturated carbocycles. The van der Waals surface area contributed by atoms with Crippen molar-refractivity contribution in [2.24, 2.45) is 23.5 Å². The minimum atomic E-state index is -1.17. The highest BCUT2D eigenvalue weighted by atomic mass is 16.4. The van der Waals surface area contributed by atoms with E-state index in [4.69, 9.17) is 5.73 Å². The van der Waals surface area contributed by atoms with Gasteiger partial charge in [0.05, 0.1) is 6.04 Å². The number of phenols is 1. The van der Waals surface area contributed by atoms with E-state index in [0.29, 0.717) is 5.56 Å². The molecular weight excluding hydrogens is 440 g/mol. The van der Waals surface area contributed by atoms with Crippen LogP contribution in [0.3, 0.4) is 0 Å². The highest BCUT2D eigenvalue weighted by Gasteiger charge is 2.33. The van der Waals surface area contributed by atoms with Crippen molar-refractivity contribution in [2.75, 3.05) is 0 Å². The second kappa shape index (κ2) is 12.9. The van der Waals surface area contributed by atoms with Gasteiger partial charge in [0, 0.05) is 6.42 Å². The molecule has 34 heavy (non-hydrogen) atoms. The van der Waals surface area contributed by atoms with Crippen LogP contribution in [0.4, 0.5) is 0 Å². The average molecular weight is 479 g/mol. The Morgan fingerprint density at radius 3 is 1.71 bits per heavy atom. The molecule has 0 aliphatic carbocycles. The summed E-state index contributed by atoms with van der Waals surface area (Å²) in [5, 5.41) is 26.7. The van der Waals surface area contributed by atoms with E-state index in [-0.39, 0.29) is 29.9 Å². The fraction of sp³-hybridized carbons (Fsp3) is 0.583. The van der Waals surface area contributed by atoms with Crippen molar-refractivity contribution in [3.8, 4) is 5.75 Å². The smallest absolute Gasteiger partial charge is 0.326 e. The lowest BCUT2D eigenvalue weighted by molar-refractivity contribution is -0.143. The van der Waals surface area contributed by atoms with Crippen molar-refractivity contribution < 1.29 is 29.4 Å². The van der Waals surface area contributed by atoms with Crippen LogP contribution in [-0.2, 0) is 25.6 Å². The van der Waals surface area contributed by atoms with Gasteiger partial charge in [-0.15, -0.1) is 0 Å². The number of rotatable bonds is 12. The molecule has 10 heteroatoms. The van der Waals surface area contributed by atoms with Crippen LogP contribution >= 0.6 is 0 Å². The minimum absolute atomic E-state index is 0.0605. The summed E-state index contributed by atoms with van der Waals surface area (Å²) in [6.45, 7) is 10.3. The Labute approximate surface area is 200 Å². The second-order valence-electron chi connectivity index (χ2n) is 9.50. The number of carbonyl (C=O) groups excluding carboxylic acids is 3. The average Bonchev–Trinajstić information content (AvgIpc) is 2.74. The molecule has 0 fully saturated rings. The van der Waals surface area contributed by atoms with Gasteiger partial charge in [-0.3, -0.25) is 14.4 Å². The first-order chi connectivity index (χ1) is 15.7. The summed E-state index contributed by atoms with van der Waals surface area (Å²) in [6, 6.07) is 2.17. The van der Waals surface area contributed by atoms with Gasteiger partial charge in [-0.25, -0.2) is 4.79 Å². The summed E-state index contributed by atoms with van der Waals surface area (Å²) >= 11 is 0. The van der Waals surface area contributed by atoms with Gasteiger partial charge in [0.25, 0.3) is 0 Å². The maximum Gasteiger partial charge on any atom is 0.326 e. The number of benzene rings is 1. The number of aromatic hydroxyl groups is 1. The summed E-state index contributed by atoms with van der Waals surface area (Å²) in [5.41, 5.74) is 6.61. The van der Waals surface area contributed by atoms with Crippen molar-refractivity contribution in [1.82, 2.24) is 16.0 Å². The lowest BCUT2D eigenvalue weighted by Gasteiger charge is -2.28. The first-order valence-corrected chi connectivity index (χ1v) is 11.4. The predicted molar refractivity (Wildman–Crippen MR) is 128 cm³/mol. The predicted octanol–water partition coefficient (Wildman–Crippen LogP) is 0.769. The zero-order valence-corrected chi connectivity index (χ0v) is 20.7. The molecule has 0 bridgehead atoms. The van der Waals surface area contributed by atoms with Crippen LogP contribution in [-0.4, -0.2) is 58.1 Å². The number of nitrogens with one attached hydrogen (secondary N) is 3. The Hall–Kier alpha value is -3.14. The Bertz CT molecular complexity index is 854. The Morgan fingerprint density at radius 2 is 1.26 bits per heavy atom. The van der Waals surface area contributed by atoms with Crippen LogP contribution in [0, 0.1) is 17.8 Å². The molecule has 0 aliphatic heterocycles. The van der Waals surface area contributed by atoms with Crippen molar-refractivity contribution in [2.45, 2.75) is 72.1 Å². The maximum absolute atomic E-state index is 13.2. The first-order valence-electron chi connectivity index (χ1n) is 11.4. The van der Waals surface area contributed by atoms with E-state index < -0.39 is 47.9 Å². The fourth-order valence-electron chi connectivity index (χ4n) is 3.19. The van der Waals surface area contributed by atoms with Gasteiger partial charge in [-0.05, 0) is 35.4 Å². The van der Waals surface area contributed by atoms with Crippen LogP contribution in [0.15, 0.2) is 24.3 Å². The number of amides is 3. The van der Waals surface area contributed by atoms with Crippen molar-refractivity contribution in [3.63, 3.8) is 0 Å². The third kappa shape index (κ3) is 8.66. The van der Waals surface area contributed by atoms with Crippen LogP contribution in [0.1, 0.15) is 47.1 Å². The molecule has 0 aromatic heterocycles. The van der Waals surface area contributed by atoms with Crippen LogP contribution in [0.2, 0.25) is 0 Å². The standard InChI is InChI=1S/C24H38N4O6/c1-12(2)18(25)22(31)26-17(11-15-7-9-16(29)10-8-15)21(30)27-19(13(3)4)23(32)28-20(14(5)6)24(33)34/h7-10,12-14,17-20,29H,11,25H2,1-6H3,(H,26,31)(H,27,30)(H,28,32)(H,33,34). The molecule has 7 N–H and O–H groups in total. The van der Waals surface area contributed by atoms with Gasteiger partial charge in [-0.2, -0.15) is 0 Å². The van der Waals surface area contributed by atoms with E-state index in [1.807, 2.05) is 0 Å². The molecule has 190 valence electrons. The number of nitrogens with two attached hydrogens (primary N) is 1. The van der Waals surface area contributed by atoms with E-state index in [9.17, 15) is 29.4 Å². The topological polar surface area (TPSA) is 171 Å². The Kier molecular flexibility index (Phi) is 11.0. The molecule has 10 nitrogen and oxygen atoms in total. The van der Waals surface area contributed by atoms with Gasteiger partial charge in [0.1, 0.15) is 23.9 Å². The number of carboxylic acid groups (broad SMARTS) is 1. The van der Waals surface area contributed by atoms with Gasteiger partial charge in [0.15, 0.2) is 0 Å². The lowest BCUT2D eigenvalue weighted by atomic mass is 9.98. The third-order valence-corrected chi connectivity index (χ3v) is 5.51. The molecule has 1 aromatic rings. The van der Waals surface area contributed by atoms with Crippen LogP contribution in [0.5, 0.6) is 5.75 Å². The molecule has 4 atom stereocenters. The third-order valence-electron chi connectivity index (χ3n) is 5.51. The Balaban J connectivity index is 3.11. The largest absolute Gasteiger partial charge is 0.508 e. The molecule has 1 aromatic carbocycles. The minimum Gasteiger partial charge on any atom is -0.508 e. The highest BCUT2D eigenvalue weighted by Crippen LogP contribution is 2.13. The molecule has 0 radical (unpaired) electrons. The van der Waals surface area contributed by atoms with Gasteiger partial charge >= 0.3 is 5.97 Å². The molecule has 3 amide bonds. The first kappa shape index (κ1) is 28.9. The van der Waals surface area contributed by atoms with Crippen molar-refractivity contribution >= 4 is 23.7 Å². The van der Waals surface area contributed by atoms with E-state index in [0.717, 1.165) is 0 Å². The number of hydrogen-bond acceptors (Lipinski definition) is 6. The summed E-state index contributed by atoms with van der Waals surface area (Å²) in [4.78, 5) is 50.1. The van der Waals surface area contributed by atoms with Gasteiger partial charge < -0.3 is 31.9 Å². The van der Waals surface area contributed by atoms with Crippen molar-refractivity contribution in [3.05, 3.63) is 29.8 Å². The summed E-state index contributed by atoms with van der Waals surface area (Å²) in [6.07, 6.45) is 0.0961. The van der Waals surface area contributed by atoms with Gasteiger partial charge in [0.2, 0.25) is 17.7 Å². The Morgan fingerprint density at radius 1 is 0.765 bits per heavy atom. The monoisotopic (exact) mass is 478 g/mol. The zero-order chi connectivity index (χ0) is 26.2. The van der Waals surface area contributed by atoms with Crippen molar-refractivity contribution in [1.29, 1.82) is 0 Å². The number of carbonyl (C=O) groups is 4. The van der Waals surface area contributed by atoms with Crippen LogP contribution in [0.25, 0.3) is 0 Å². The normalized spacial score (nSPS) is 14.9. The van der Waals surface area contributed by atoms with E-state index >= 15 is 0 Å². The number of aliphatic carboxylic acids is 1. The summed E-state index contributed by atoms with van der Waals surface area (Å²) < 4.78 is 0.